The van der Waals surface area contributed by atoms with E-state index in [1.165, 1.54) is 17.1 Å². The van der Waals surface area contributed by atoms with Crippen LogP contribution in [0.3, 0.4) is 0 Å². The van der Waals surface area contributed by atoms with Gasteiger partial charge in [-0.05, 0) is 39.5 Å². The summed E-state index contributed by atoms with van der Waals surface area (Å²) in [6.45, 7) is 6.99. The molecule has 2 aliphatic rings. The van der Waals surface area contributed by atoms with Crippen molar-refractivity contribution >= 4 is 21.9 Å². The van der Waals surface area contributed by atoms with Crippen molar-refractivity contribution in [3.8, 4) is 0 Å². The Morgan fingerprint density at radius 1 is 1.21 bits per heavy atom. The number of hydrogen-bond acceptors (Lipinski definition) is 4. The zero-order chi connectivity index (χ0) is 20.6. The highest BCUT2D eigenvalue weighted by molar-refractivity contribution is 7.89. The summed E-state index contributed by atoms with van der Waals surface area (Å²) in [5.41, 5.74) is 0. The van der Waals surface area contributed by atoms with Gasteiger partial charge in [0.15, 0.2) is 5.96 Å². The minimum atomic E-state index is -3.13. The minimum absolute atomic E-state index is 0.120. The predicted molar refractivity (Wildman–Crippen MR) is 113 cm³/mol. The lowest BCUT2D eigenvalue weighted by Crippen LogP contribution is -2.45. The van der Waals surface area contributed by atoms with E-state index in [1.54, 1.807) is 14.0 Å². The molecule has 1 amide bonds. The van der Waals surface area contributed by atoms with Gasteiger partial charge < -0.3 is 15.5 Å². The lowest BCUT2D eigenvalue weighted by Gasteiger charge is -2.21. The first-order valence-electron chi connectivity index (χ1n) is 10.6. The SMILES string of the molecule is CCNC(=NCCCN(C)S(=O)(=O)CC)NC1CCN(C(=O)C2CCCC2)C1. The average molecular weight is 416 g/mol. The number of aliphatic imine (C=N–C) groups is 1. The fourth-order valence-electron chi connectivity index (χ4n) is 3.87. The Kier molecular flexibility index (Phi) is 9.01. The molecule has 2 N–H and O–H groups in total. The fourth-order valence-corrected chi connectivity index (χ4v) is 4.71. The van der Waals surface area contributed by atoms with E-state index in [1.807, 2.05) is 11.8 Å². The Morgan fingerprint density at radius 3 is 2.57 bits per heavy atom. The molecule has 2 fully saturated rings. The predicted octanol–water partition coefficient (Wildman–Crippen LogP) is 1.00. The molecule has 2 rings (SSSR count). The summed E-state index contributed by atoms with van der Waals surface area (Å²) in [5.74, 6) is 1.42. The molecule has 1 atom stereocenters. The zero-order valence-electron chi connectivity index (χ0n) is 17.6. The highest BCUT2D eigenvalue weighted by Crippen LogP contribution is 2.27. The van der Waals surface area contributed by atoms with Crippen LogP contribution in [0.1, 0.15) is 52.4 Å². The summed E-state index contributed by atoms with van der Waals surface area (Å²) < 4.78 is 24.9. The van der Waals surface area contributed by atoms with Crippen LogP contribution in [0.2, 0.25) is 0 Å². The highest BCUT2D eigenvalue weighted by Gasteiger charge is 2.32. The molecule has 1 saturated heterocycles. The van der Waals surface area contributed by atoms with Crippen molar-refractivity contribution < 1.29 is 13.2 Å². The van der Waals surface area contributed by atoms with E-state index in [0.717, 1.165) is 44.9 Å². The molecule has 0 aromatic rings. The van der Waals surface area contributed by atoms with E-state index in [-0.39, 0.29) is 17.7 Å². The maximum Gasteiger partial charge on any atom is 0.225 e. The Balaban J connectivity index is 1.78. The summed E-state index contributed by atoms with van der Waals surface area (Å²) in [6, 6.07) is 0.214. The maximum atomic E-state index is 12.6. The molecule has 8 nitrogen and oxygen atoms in total. The van der Waals surface area contributed by atoms with Gasteiger partial charge in [-0.2, -0.15) is 0 Å². The molecule has 0 spiro atoms. The number of carbonyl (C=O) groups is 1. The normalized spacial score (nSPS) is 21.5. The van der Waals surface area contributed by atoms with Crippen molar-refractivity contribution in [3.63, 3.8) is 0 Å². The monoisotopic (exact) mass is 415 g/mol. The third-order valence-corrected chi connectivity index (χ3v) is 7.49. The molecule has 1 aliphatic heterocycles. The Labute approximate surface area is 170 Å². The summed E-state index contributed by atoms with van der Waals surface area (Å²) in [4.78, 5) is 19.2. The van der Waals surface area contributed by atoms with Gasteiger partial charge >= 0.3 is 0 Å². The number of amides is 1. The van der Waals surface area contributed by atoms with Crippen LogP contribution in [0.15, 0.2) is 4.99 Å². The molecule has 9 heteroatoms. The number of carbonyl (C=O) groups excluding carboxylic acids is 1. The third-order valence-electron chi connectivity index (χ3n) is 5.63. The third kappa shape index (κ3) is 6.62. The largest absolute Gasteiger partial charge is 0.357 e. The van der Waals surface area contributed by atoms with E-state index >= 15 is 0 Å². The fraction of sp³-hybridized carbons (Fsp3) is 0.895. The second-order valence-electron chi connectivity index (χ2n) is 7.73. The number of sulfonamides is 1. The van der Waals surface area contributed by atoms with Gasteiger partial charge in [0.05, 0.1) is 5.75 Å². The first kappa shape index (κ1) is 22.9. The second-order valence-corrected chi connectivity index (χ2v) is 10.1. The van der Waals surface area contributed by atoms with Gasteiger partial charge in [0, 0.05) is 51.7 Å². The Hall–Kier alpha value is -1.35. The highest BCUT2D eigenvalue weighted by atomic mass is 32.2. The van der Waals surface area contributed by atoms with E-state index in [4.69, 9.17) is 0 Å². The van der Waals surface area contributed by atoms with Crippen LogP contribution in [0.4, 0.5) is 0 Å². The van der Waals surface area contributed by atoms with Crippen molar-refractivity contribution in [2.75, 3.05) is 45.5 Å². The molecule has 28 heavy (non-hydrogen) atoms. The van der Waals surface area contributed by atoms with Crippen LogP contribution in [0, 0.1) is 5.92 Å². The van der Waals surface area contributed by atoms with Gasteiger partial charge in [0.2, 0.25) is 15.9 Å². The van der Waals surface area contributed by atoms with Gasteiger partial charge in [0.25, 0.3) is 0 Å². The van der Waals surface area contributed by atoms with Gasteiger partial charge in [-0.3, -0.25) is 9.79 Å². The lowest BCUT2D eigenvalue weighted by molar-refractivity contribution is -0.134. The van der Waals surface area contributed by atoms with Crippen molar-refractivity contribution in [2.24, 2.45) is 10.9 Å². The maximum absolute atomic E-state index is 12.6. The summed E-state index contributed by atoms with van der Waals surface area (Å²) in [6.07, 6.45) is 6.04. The second kappa shape index (κ2) is 11.0. The summed E-state index contributed by atoms with van der Waals surface area (Å²) >= 11 is 0. The van der Waals surface area contributed by atoms with Gasteiger partial charge in [0.1, 0.15) is 0 Å². The minimum Gasteiger partial charge on any atom is -0.357 e. The number of guanidine groups is 1. The number of hydrogen-bond donors (Lipinski definition) is 2. The van der Waals surface area contributed by atoms with Gasteiger partial charge in [-0.15, -0.1) is 0 Å². The van der Waals surface area contributed by atoms with E-state index in [0.29, 0.717) is 25.4 Å². The number of nitrogens with zero attached hydrogens (tertiary/aromatic N) is 3. The van der Waals surface area contributed by atoms with Crippen LogP contribution in [-0.4, -0.2) is 81.1 Å². The molecule has 0 aromatic heterocycles. The molecule has 0 bridgehead atoms. The van der Waals surface area contributed by atoms with Gasteiger partial charge in [-0.1, -0.05) is 12.8 Å². The van der Waals surface area contributed by atoms with Crippen LogP contribution in [0.25, 0.3) is 0 Å². The molecule has 1 saturated carbocycles. The van der Waals surface area contributed by atoms with E-state index in [9.17, 15) is 13.2 Å². The molecule has 1 heterocycles. The first-order chi connectivity index (χ1) is 13.4. The van der Waals surface area contributed by atoms with E-state index in [2.05, 4.69) is 15.6 Å². The van der Waals surface area contributed by atoms with Crippen molar-refractivity contribution in [2.45, 2.75) is 58.4 Å². The molecular weight excluding hydrogens is 378 g/mol. The lowest BCUT2D eigenvalue weighted by atomic mass is 10.1. The van der Waals surface area contributed by atoms with Crippen LogP contribution >= 0.6 is 0 Å². The standard InChI is InChI=1S/C19H37N5O3S/c1-4-20-19(21-12-8-13-23(3)28(26,27)5-2)22-17-11-14-24(15-17)18(25)16-9-6-7-10-16/h16-17H,4-15H2,1-3H3,(H2,20,21,22). The molecule has 0 radical (unpaired) electrons. The van der Waals surface area contributed by atoms with Crippen molar-refractivity contribution in [3.05, 3.63) is 0 Å². The molecular formula is C19H37N5O3S. The number of nitrogens with one attached hydrogen (secondary N) is 2. The Morgan fingerprint density at radius 2 is 1.93 bits per heavy atom. The summed E-state index contributed by atoms with van der Waals surface area (Å²) in [7, 11) is -1.52. The average Bonchev–Trinajstić information content (AvgIpc) is 3.36. The molecule has 1 aliphatic carbocycles. The van der Waals surface area contributed by atoms with Crippen molar-refractivity contribution in [1.82, 2.24) is 19.8 Å². The first-order valence-corrected chi connectivity index (χ1v) is 12.3. The number of rotatable bonds is 9. The number of likely N-dealkylation sites (tertiary alicyclic amines) is 1. The smallest absolute Gasteiger partial charge is 0.225 e. The van der Waals surface area contributed by atoms with Crippen LogP contribution < -0.4 is 10.6 Å². The molecule has 1 unspecified atom stereocenters. The quantitative estimate of drug-likeness (QED) is 0.333. The molecule has 0 aromatic carbocycles. The Bertz CT molecular complexity index is 631. The molecule has 162 valence electrons. The van der Waals surface area contributed by atoms with E-state index < -0.39 is 10.0 Å². The van der Waals surface area contributed by atoms with Crippen LogP contribution in [0.5, 0.6) is 0 Å². The summed E-state index contributed by atoms with van der Waals surface area (Å²) in [5, 5.41) is 6.68. The van der Waals surface area contributed by atoms with Gasteiger partial charge in [-0.25, -0.2) is 12.7 Å². The zero-order valence-corrected chi connectivity index (χ0v) is 18.4. The van der Waals surface area contributed by atoms with Crippen LogP contribution in [-0.2, 0) is 14.8 Å². The van der Waals surface area contributed by atoms with Crippen molar-refractivity contribution in [1.29, 1.82) is 0 Å². The topological polar surface area (TPSA) is 94.1 Å².